The van der Waals surface area contributed by atoms with E-state index in [-0.39, 0.29) is 17.9 Å². The maximum Gasteiger partial charge on any atom is 0.264 e. The smallest absolute Gasteiger partial charge is 0.264 e. The number of halogens is 1. The van der Waals surface area contributed by atoms with Crippen LogP contribution in [-0.4, -0.2) is 17.5 Å². The Kier molecular flexibility index (Phi) is 6.82. The predicted octanol–water partition coefficient (Wildman–Crippen LogP) is 7.12. The maximum atomic E-state index is 12.4. The van der Waals surface area contributed by atoms with Gasteiger partial charge in [0.15, 0.2) is 11.7 Å². The molecule has 0 saturated heterocycles. The van der Waals surface area contributed by atoms with Crippen molar-refractivity contribution in [3.8, 4) is 17.0 Å². The van der Waals surface area contributed by atoms with Gasteiger partial charge in [-0.25, -0.2) is 4.98 Å². The molecule has 4 nitrogen and oxygen atoms in total. The predicted molar refractivity (Wildman–Crippen MR) is 136 cm³/mol. The second kappa shape index (κ2) is 9.77. The molecule has 0 fully saturated rings. The van der Waals surface area contributed by atoms with Crippen molar-refractivity contribution in [1.82, 2.24) is 4.98 Å². The first-order chi connectivity index (χ1) is 15.8. The van der Waals surface area contributed by atoms with E-state index < -0.39 is 0 Å². The van der Waals surface area contributed by atoms with Crippen molar-refractivity contribution in [3.63, 3.8) is 0 Å². The molecule has 0 radical (unpaired) electrons. The number of hydrogen-bond donors (Lipinski definition) is 1. The average Bonchev–Trinajstić information content (AvgIpc) is 3.18. The Labute approximate surface area is 203 Å². The van der Waals surface area contributed by atoms with Gasteiger partial charge in [0, 0.05) is 20.9 Å². The van der Waals surface area contributed by atoms with E-state index in [2.05, 4.69) is 48.4 Å². The van der Waals surface area contributed by atoms with Crippen LogP contribution >= 0.6 is 22.9 Å². The number of nitrogens with zero attached hydrogens (tertiary/aromatic N) is 1. The van der Waals surface area contributed by atoms with Gasteiger partial charge in [0.2, 0.25) is 0 Å². The molecule has 4 rings (SSSR count). The highest BCUT2D eigenvalue weighted by Crippen LogP contribution is 2.33. The largest absolute Gasteiger partial charge is 0.484 e. The number of rotatable bonds is 7. The van der Waals surface area contributed by atoms with Gasteiger partial charge >= 0.3 is 0 Å². The lowest BCUT2D eigenvalue weighted by atomic mass is 9.78. The minimum atomic E-state index is -0.250. The minimum absolute atomic E-state index is 0.0870. The van der Waals surface area contributed by atoms with Crippen molar-refractivity contribution in [2.75, 3.05) is 11.9 Å². The number of amides is 1. The number of ether oxygens (including phenoxy) is 1. The number of aryl methyl sites for hydroxylation is 1. The molecule has 3 aromatic carbocycles. The zero-order valence-electron chi connectivity index (χ0n) is 18.8. The van der Waals surface area contributed by atoms with E-state index in [1.54, 1.807) is 0 Å². The second-order valence-electron chi connectivity index (χ2n) is 8.28. The SMILES string of the molecule is Cc1sc(NC(=O)COc2ccc(C(C)(C)c3ccccc3)cc2)nc1-c1ccc(Cl)cc1. The fourth-order valence-corrected chi connectivity index (χ4v) is 4.60. The molecule has 6 heteroatoms. The number of benzene rings is 3. The fourth-order valence-electron chi connectivity index (χ4n) is 3.62. The summed E-state index contributed by atoms with van der Waals surface area (Å²) in [5, 5.41) is 4.05. The van der Waals surface area contributed by atoms with Crippen molar-refractivity contribution >= 4 is 34.0 Å². The van der Waals surface area contributed by atoms with Crippen LogP contribution < -0.4 is 10.1 Å². The van der Waals surface area contributed by atoms with E-state index in [0.29, 0.717) is 15.9 Å². The molecule has 0 aliphatic heterocycles. The van der Waals surface area contributed by atoms with Gasteiger partial charge in [-0.05, 0) is 42.3 Å². The minimum Gasteiger partial charge on any atom is -0.484 e. The Bertz CT molecular complexity index is 1230. The van der Waals surface area contributed by atoms with Gasteiger partial charge in [-0.3, -0.25) is 10.1 Å². The fraction of sp³-hybridized carbons (Fsp3) is 0.185. The molecular formula is C27H25ClN2O2S. The molecule has 1 heterocycles. The summed E-state index contributed by atoms with van der Waals surface area (Å²) in [7, 11) is 0. The highest BCUT2D eigenvalue weighted by molar-refractivity contribution is 7.16. The third-order valence-corrected chi connectivity index (χ3v) is 6.74. The number of aromatic nitrogens is 1. The molecule has 1 N–H and O–H groups in total. The van der Waals surface area contributed by atoms with Gasteiger partial charge < -0.3 is 4.74 Å². The van der Waals surface area contributed by atoms with Crippen LogP contribution in [0, 0.1) is 6.92 Å². The van der Waals surface area contributed by atoms with Crippen LogP contribution in [-0.2, 0) is 10.2 Å². The van der Waals surface area contributed by atoms with Crippen LogP contribution in [0.1, 0.15) is 29.9 Å². The highest BCUT2D eigenvalue weighted by Gasteiger charge is 2.22. The Morgan fingerprint density at radius 2 is 1.61 bits per heavy atom. The monoisotopic (exact) mass is 476 g/mol. The third kappa shape index (κ3) is 5.44. The molecule has 168 valence electrons. The second-order valence-corrected chi connectivity index (χ2v) is 9.92. The molecule has 1 amide bonds. The van der Waals surface area contributed by atoms with Crippen molar-refractivity contribution in [3.05, 3.63) is 99.9 Å². The first-order valence-electron chi connectivity index (χ1n) is 10.6. The third-order valence-electron chi connectivity index (χ3n) is 5.60. The van der Waals surface area contributed by atoms with E-state index in [4.69, 9.17) is 16.3 Å². The summed E-state index contributed by atoms with van der Waals surface area (Å²) in [5.41, 5.74) is 4.10. The number of nitrogens with one attached hydrogen (secondary N) is 1. The summed E-state index contributed by atoms with van der Waals surface area (Å²) >= 11 is 7.40. The van der Waals surface area contributed by atoms with Crippen LogP contribution in [0.25, 0.3) is 11.3 Å². The lowest BCUT2D eigenvalue weighted by Crippen LogP contribution is -2.20. The molecule has 1 aromatic heterocycles. The van der Waals surface area contributed by atoms with Crippen LogP contribution in [0.4, 0.5) is 5.13 Å². The van der Waals surface area contributed by atoms with Gasteiger partial charge in [0.05, 0.1) is 5.69 Å². The Hall–Kier alpha value is -3.15. The first-order valence-corrected chi connectivity index (χ1v) is 11.8. The van der Waals surface area contributed by atoms with Gasteiger partial charge in [0.1, 0.15) is 5.75 Å². The number of thiazole rings is 1. The van der Waals surface area contributed by atoms with Crippen LogP contribution in [0.15, 0.2) is 78.9 Å². The molecule has 0 saturated carbocycles. The molecule has 0 aliphatic carbocycles. The van der Waals surface area contributed by atoms with Crippen LogP contribution in [0.3, 0.4) is 0 Å². The normalized spacial score (nSPS) is 11.3. The number of hydrogen-bond acceptors (Lipinski definition) is 4. The molecule has 0 spiro atoms. The summed E-state index contributed by atoms with van der Waals surface area (Å²) in [6, 6.07) is 25.8. The van der Waals surface area contributed by atoms with E-state index >= 15 is 0 Å². The molecule has 0 bridgehead atoms. The summed E-state index contributed by atoms with van der Waals surface area (Å²) in [6.07, 6.45) is 0. The zero-order chi connectivity index (χ0) is 23.4. The van der Waals surface area contributed by atoms with Gasteiger partial charge in [-0.15, -0.1) is 11.3 Å². The number of carbonyl (C=O) groups is 1. The van der Waals surface area contributed by atoms with Crippen LogP contribution in [0.5, 0.6) is 5.75 Å². The van der Waals surface area contributed by atoms with Gasteiger partial charge in [-0.1, -0.05) is 80.0 Å². The van der Waals surface area contributed by atoms with E-state index in [0.717, 1.165) is 16.1 Å². The quantitative estimate of drug-likeness (QED) is 0.309. The van der Waals surface area contributed by atoms with Gasteiger partial charge in [0.25, 0.3) is 5.91 Å². The summed E-state index contributed by atoms with van der Waals surface area (Å²) < 4.78 is 5.70. The Morgan fingerprint density at radius 1 is 0.970 bits per heavy atom. The standard InChI is InChI=1S/C27H25ClN2O2S/c1-18-25(19-9-13-22(28)14-10-19)30-26(33-18)29-24(31)17-32-23-15-11-21(12-16-23)27(2,3)20-7-5-4-6-8-20/h4-16H,17H2,1-3H3,(H,29,30,31). The van der Waals surface area contributed by atoms with Crippen LogP contribution in [0.2, 0.25) is 5.02 Å². The average molecular weight is 477 g/mol. The van der Waals surface area contributed by atoms with E-state index in [1.807, 2.05) is 61.5 Å². The van der Waals surface area contributed by atoms with Crippen molar-refractivity contribution < 1.29 is 9.53 Å². The Morgan fingerprint density at radius 3 is 2.27 bits per heavy atom. The van der Waals surface area contributed by atoms with E-state index in [9.17, 15) is 4.79 Å². The zero-order valence-corrected chi connectivity index (χ0v) is 20.3. The molecule has 0 atom stereocenters. The molecule has 33 heavy (non-hydrogen) atoms. The van der Waals surface area contributed by atoms with E-state index in [1.165, 1.54) is 22.5 Å². The lowest BCUT2D eigenvalue weighted by molar-refractivity contribution is -0.118. The maximum absolute atomic E-state index is 12.4. The molecule has 0 unspecified atom stereocenters. The van der Waals surface area contributed by atoms with Crippen molar-refractivity contribution in [2.45, 2.75) is 26.2 Å². The number of carbonyl (C=O) groups excluding carboxylic acids is 1. The molecular weight excluding hydrogens is 452 g/mol. The highest BCUT2D eigenvalue weighted by atomic mass is 35.5. The van der Waals surface area contributed by atoms with Gasteiger partial charge in [-0.2, -0.15) is 0 Å². The number of anilines is 1. The van der Waals surface area contributed by atoms with Crippen molar-refractivity contribution in [2.24, 2.45) is 0 Å². The van der Waals surface area contributed by atoms with Crippen molar-refractivity contribution in [1.29, 1.82) is 0 Å². The summed E-state index contributed by atoms with van der Waals surface area (Å²) in [4.78, 5) is 18.0. The Balaban J connectivity index is 1.36. The molecule has 4 aromatic rings. The molecule has 0 aliphatic rings. The summed E-state index contributed by atoms with van der Waals surface area (Å²) in [6.45, 7) is 6.28. The topological polar surface area (TPSA) is 51.2 Å². The first kappa shape index (κ1) is 23.0. The lowest BCUT2D eigenvalue weighted by Gasteiger charge is -2.26. The summed E-state index contributed by atoms with van der Waals surface area (Å²) in [5.74, 6) is 0.398.